The Hall–Kier alpha value is -3.08. The maximum atomic E-state index is 13.6. The zero-order valence-corrected chi connectivity index (χ0v) is 19.8. The Bertz CT molecular complexity index is 1030. The highest BCUT2D eigenvalue weighted by molar-refractivity contribution is 5.93. The molecule has 2 aliphatic carbocycles. The van der Waals surface area contributed by atoms with Gasteiger partial charge in [0, 0.05) is 23.7 Å². The normalized spacial score (nSPS) is 17.4. The molecule has 0 saturated heterocycles. The van der Waals surface area contributed by atoms with E-state index < -0.39 is 0 Å². The van der Waals surface area contributed by atoms with Gasteiger partial charge in [-0.2, -0.15) is 0 Å². The fourth-order valence-corrected chi connectivity index (χ4v) is 5.45. The van der Waals surface area contributed by atoms with Crippen LogP contribution in [-0.4, -0.2) is 28.0 Å². The van der Waals surface area contributed by atoms with Crippen molar-refractivity contribution in [2.45, 2.75) is 82.9 Å². The molecule has 3 aromatic rings. The summed E-state index contributed by atoms with van der Waals surface area (Å²) < 4.78 is 11.5. The number of carbonyl (C=O) groups excluding carboxylic acids is 1. The third-order valence-corrected chi connectivity index (χ3v) is 7.29. The Labute approximate surface area is 202 Å². The minimum atomic E-state index is 0.0385. The second kappa shape index (κ2) is 10.9. The van der Waals surface area contributed by atoms with Crippen LogP contribution in [0.15, 0.2) is 65.2 Å². The van der Waals surface area contributed by atoms with E-state index in [4.69, 9.17) is 9.26 Å². The van der Waals surface area contributed by atoms with Gasteiger partial charge in [-0.05, 0) is 55.5 Å². The van der Waals surface area contributed by atoms with Gasteiger partial charge in [0.05, 0.1) is 0 Å². The summed E-state index contributed by atoms with van der Waals surface area (Å²) in [6, 6.07) is 20.4. The molecule has 1 aromatic heterocycles. The van der Waals surface area contributed by atoms with Crippen molar-refractivity contribution in [1.29, 1.82) is 0 Å². The minimum absolute atomic E-state index is 0.0385. The highest BCUT2D eigenvalue weighted by Crippen LogP contribution is 2.32. The molecule has 1 heterocycles. The number of carbonyl (C=O) groups is 1. The van der Waals surface area contributed by atoms with E-state index in [-0.39, 0.29) is 5.91 Å². The summed E-state index contributed by atoms with van der Waals surface area (Å²) in [6.45, 7) is 0.527. The molecular weight excluding hydrogens is 424 g/mol. The average molecular weight is 459 g/mol. The number of aromatic nitrogens is 1. The molecule has 34 heavy (non-hydrogen) atoms. The van der Waals surface area contributed by atoms with Crippen molar-refractivity contribution in [3.8, 4) is 17.1 Å². The lowest BCUT2D eigenvalue weighted by molar-refractivity contribution is 0.0438. The average Bonchev–Trinajstić information content (AvgIpc) is 3.40. The largest absolute Gasteiger partial charge is 0.489 e. The van der Waals surface area contributed by atoms with Crippen LogP contribution in [-0.2, 0) is 6.61 Å². The van der Waals surface area contributed by atoms with Gasteiger partial charge >= 0.3 is 0 Å². The van der Waals surface area contributed by atoms with Crippen molar-refractivity contribution in [1.82, 2.24) is 10.1 Å². The Morgan fingerprint density at radius 3 is 2.09 bits per heavy atom. The lowest BCUT2D eigenvalue weighted by Gasteiger charge is -2.41. The second-order valence-corrected chi connectivity index (χ2v) is 9.67. The highest BCUT2D eigenvalue weighted by Gasteiger charge is 2.34. The van der Waals surface area contributed by atoms with E-state index in [0.29, 0.717) is 30.1 Å². The summed E-state index contributed by atoms with van der Waals surface area (Å²) >= 11 is 0. The van der Waals surface area contributed by atoms with Crippen LogP contribution in [0.2, 0.25) is 0 Å². The number of rotatable bonds is 7. The van der Waals surface area contributed by atoms with E-state index in [9.17, 15) is 4.79 Å². The van der Waals surface area contributed by atoms with Gasteiger partial charge in [0.2, 0.25) is 0 Å². The van der Waals surface area contributed by atoms with Crippen molar-refractivity contribution in [2.75, 3.05) is 0 Å². The molecule has 1 amide bonds. The molecule has 0 bridgehead atoms. The molecule has 2 aliphatic rings. The molecule has 0 N–H and O–H groups in total. The van der Waals surface area contributed by atoms with Crippen LogP contribution in [0.4, 0.5) is 0 Å². The van der Waals surface area contributed by atoms with E-state index in [1.54, 1.807) is 6.07 Å². The van der Waals surface area contributed by atoms with Gasteiger partial charge in [0.25, 0.3) is 5.91 Å². The fraction of sp³-hybridized carbons (Fsp3) is 0.448. The first-order valence-corrected chi connectivity index (χ1v) is 12.8. The van der Waals surface area contributed by atoms with Gasteiger partial charge in [0.15, 0.2) is 11.5 Å². The first-order chi connectivity index (χ1) is 16.8. The molecule has 5 nitrogen and oxygen atoms in total. The lowest BCUT2D eigenvalue weighted by atomic mass is 9.88. The summed E-state index contributed by atoms with van der Waals surface area (Å²) in [7, 11) is 0. The van der Waals surface area contributed by atoms with Gasteiger partial charge in [-0.3, -0.25) is 4.79 Å². The number of amides is 1. The predicted octanol–water partition coefficient (Wildman–Crippen LogP) is 7.03. The Kier molecular flexibility index (Phi) is 7.28. The molecule has 0 atom stereocenters. The SMILES string of the molecule is O=C(c1cc(-c2ccc(OCc3ccccc3)cc2)on1)N(C1CCCCC1)C1CCCCC1. The Morgan fingerprint density at radius 2 is 1.47 bits per heavy atom. The van der Waals surface area contributed by atoms with E-state index >= 15 is 0 Å². The van der Waals surface area contributed by atoms with Crippen molar-refractivity contribution in [3.63, 3.8) is 0 Å². The zero-order valence-electron chi connectivity index (χ0n) is 19.8. The van der Waals surface area contributed by atoms with Crippen LogP contribution in [0, 0.1) is 0 Å². The quantitative estimate of drug-likeness (QED) is 0.381. The van der Waals surface area contributed by atoms with E-state index in [1.165, 1.54) is 38.5 Å². The van der Waals surface area contributed by atoms with Gasteiger partial charge in [-0.1, -0.05) is 74.0 Å². The first kappa shape index (κ1) is 22.7. The smallest absolute Gasteiger partial charge is 0.276 e. The van der Waals surface area contributed by atoms with Crippen molar-refractivity contribution in [3.05, 3.63) is 71.9 Å². The number of hydrogen-bond donors (Lipinski definition) is 0. The standard InChI is InChI=1S/C29H34N2O3/c32-29(31(24-12-6-2-7-13-24)25-14-8-3-9-15-25)27-20-28(34-30-27)23-16-18-26(19-17-23)33-21-22-10-4-1-5-11-22/h1,4-5,10-11,16-20,24-25H,2-3,6-9,12-15,21H2. The molecule has 5 rings (SSSR count). The van der Waals surface area contributed by atoms with Crippen LogP contribution in [0.1, 0.15) is 80.3 Å². The van der Waals surface area contributed by atoms with Crippen molar-refractivity contribution in [2.24, 2.45) is 0 Å². The van der Waals surface area contributed by atoms with E-state index in [0.717, 1.165) is 42.6 Å². The van der Waals surface area contributed by atoms with Crippen molar-refractivity contribution < 1.29 is 14.1 Å². The fourth-order valence-electron chi connectivity index (χ4n) is 5.45. The Balaban J connectivity index is 1.28. The monoisotopic (exact) mass is 458 g/mol. The van der Waals surface area contributed by atoms with E-state index in [2.05, 4.69) is 10.1 Å². The van der Waals surface area contributed by atoms with Crippen LogP contribution >= 0.6 is 0 Å². The summed E-state index contributed by atoms with van der Waals surface area (Å²) in [5, 5.41) is 4.20. The summed E-state index contributed by atoms with van der Waals surface area (Å²) in [4.78, 5) is 15.8. The molecular formula is C29H34N2O3. The topological polar surface area (TPSA) is 55.6 Å². The first-order valence-electron chi connectivity index (χ1n) is 12.8. The maximum absolute atomic E-state index is 13.6. The van der Waals surface area contributed by atoms with E-state index in [1.807, 2.05) is 54.6 Å². The number of hydrogen-bond acceptors (Lipinski definition) is 4. The van der Waals surface area contributed by atoms with Crippen LogP contribution < -0.4 is 4.74 Å². The van der Waals surface area contributed by atoms with Crippen LogP contribution in [0.5, 0.6) is 5.75 Å². The van der Waals surface area contributed by atoms with Crippen LogP contribution in [0.25, 0.3) is 11.3 Å². The number of ether oxygens (including phenoxy) is 1. The third kappa shape index (κ3) is 5.35. The molecule has 5 heteroatoms. The van der Waals surface area contributed by atoms with Crippen LogP contribution in [0.3, 0.4) is 0 Å². The molecule has 2 fully saturated rings. The number of nitrogens with zero attached hydrogens (tertiary/aromatic N) is 2. The molecule has 0 unspecified atom stereocenters. The van der Waals surface area contributed by atoms with Gasteiger partial charge in [0.1, 0.15) is 12.4 Å². The molecule has 0 spiro atoms. The lowest BCUT2D eigenvalue weighted by Crippen LogP contribution is -2.48. The zero-order chi connectivity index (χ0) is 23.2. The summed E-state index contributed by atoms with van der Waals surface area (Å²) in [6.07, 6.45) is 11.8. The number of benzene rings is 2. The highest BCUT2D eigenvalue weighted by atomic mass is 16.5. The van der Waals surface area contributed by atoms with Gasteiger partial charge in [-0.15, -0.1) is 0 Å². The minimum Gasteiger partial charge on any atom is -0.489 e. The third-order valence-electron chi connectivity index (χ3n) is 7.29. The molecule has 2 saturated carbocycles. The maximum Gasteiger partial charge on any atom is 0.276 e. The van der Waals surface area contributed by atoms with Gasteiger partial charge < -0.3 is 14.2 Å². The second-order valence-electron chi connectivity index (χ2n) is 9.67. The molecule has 2 aromatic carbocycles. The van der Waals surface area contributed by atoms with Gasteiger partial charge in [-0.25, -0.2) is 0 Å². The predicted molar refractivity (Wildman–Crippen MR) is 133 cm³/mol. The molecule has 0 aliphatic heterocycles. The molecule has 178 valence electrons. The van der Waals surface area contributed by atoms with Crippen molar-refractivity contribution >= 4 is 5.91 Å². The molecule has 0 radical (unpaired) electrons. The Morgan fingerprint density at radius 1 is 0.853 bits per heavy atom. The summed E-state index contributed by atoms with van der Waals surface area (Å²) in [5.74, 6) is 1.45. The summed E-state index contributed by atoms with van der Waals surface area (Å²) in [5.41, 5.74) is 2.45.